The van der Waals surface area contributed by atoms with Crippen LogP contribution in [0.25, 0.3) is 0 Å². The number of hydrogen-bond acceptors (Lipinski definition) is 4. The molecule has 1 aromatic heterocycles. The molecule has 0 fully saturated rings. The summed E-state index contributed by atoms with van der Waals surface area (Å²) >= 11 is 0. The van der Waals surface area contributed by atoms with Crippen LogP contribution in [0.5, 0.6) is 0 Å². The van der Waals surface area contributed by atoms with Gasteiger partial charge in [0.2, 0.25) is 10.0 Å². The van der Waals surface area contributed by atoms with Crippen molar-refractivity contribution in [2.24, 2.45) is 7.05 Å². The van der Waals surface area contributed by atoms with E-state index in [1.165, 1.54) is 13.2 Å². The lowest BCUT2D eigenvalue weighted by molar-refractivity contribution is 0.0524. The number of ether oxygens (including phenoxy) is 1. The van der Waals surface area contributed by atoms with Crippen LogP contribution in [-0.4, -0.2) is 37.3 Å². The van der Waals surface area contributed by atoms with Crippen molar-refractivity contribution in [3.63, 3.8) is 0 Å². The molecule has 0 aliphatic rings. The maximum Gasteiger partial charge on any atom is 0.407 e. The zero-order chi connectivity index (χ0) is 18.7. The summed E-state index contributed by atoms with van der Waals surface area (Å²) in [4.78, 5) is 11.5. The van der Waals surface area contributed by atoms with E-state index in [2.05, 4.69) is 10.0 Å². The van der Waals surface area contributed by atoms with Crippen molar-refractivity contribution in [1.82, 2.24) is 14.6 Å². The Balaban J connectivity index is 2.74. The number of sulfonamides is 1. The molecule has 0 radical (unpaired) electrons. The van der Waals surface area contributed by atoms with E-state index in [0.29, 0.717) is 0 Å². The molecule has 0 spiro atoms. The molecule has 7 nitrogen and oxygen atoms in total. The van der Waals surface area contributed by atoms with Crippen LogP contribution in [0, 0.1) is 5.95 Å². The minimum absolute atomic E-state index is 0.0465. The molecule has 9 heteroatoms. The third-order valence-electron chi connectivity index (χ3n) is 3.12. The van der Waals surface area contributed by atoms with Crippen molar-refractivity contribution < 1.29 is 22.3 Å². The Morgan fingerprint density at radius 2 is 2.00 bits per heavy atom. The normalized spacial score (nSPS) is 13.6. The highest BCUT2D eigenvalue weighted by Gasteiger charge is 2.25. The standard InChI is InChI=1S/C15H26FN3O4S/c1-7-11-12(9-19(6)13(11)16)24(21,22)18-10(2)8-17-14(20)23-15(3,4)5/h9-10,18H,7-8H2,1-6H3,(H,17,20). The number of carbonyl (C=O) groups is 1. The third-order valence-corrected chi connectivity index (χ3v) is 4.76. The predicted octanol–water partition coefficient (Wildman–Crippen LogP) is 1.92. The molecule has 1 atom stereocenters. The van der Waals surface area contributed by atoms with Gasteiger partial charge in [-0.3, -0.25) is 0 Å². The van der Waals surface area contributed by atoms with Gasteiger partial charge in [0.1, 0.15) is 10.5 Å². The van der Waals surface area contributed by atoms with Gasteiger partial charge in [0.25, 0.3) is 0 Å². The Morgan fingerprint density at radius 3 is 2.50 bits per heavy atom. The molecule has 0 bridgehead atoms. The Hall–Kier alpha value is -1.61. The molecule has 1 heterocycles. The van der Waals surface area contributed by atoms with E-state index in [4.69, 9.17) is 4.74 Å². The summed E-state index contributed by atoms with van der Waals surface area (Å²) in [5.74, 6) is -0.572. The van der Waals surface area contributed by atoms with Gasteiger partial charge in [-0.15, -0.1) is 0 Å². The summed E-state index contributed by atoms with van der Waals surface area (Å²) in [5.41, 5.74) is -0.498. The van der Waals surface area contributed by atoms with Crippen LogP contribution in [0.3, 0.4) is 0 Å². The average molecular weight is 363 g/mol. The molecule has 0 aliphatic carbocycles. The zero-order valence-electron chi connectivity index (χ0n) is 14.9. The second kappa shape index (κ2) is 7.52. The van der Waals surface area contributed by atoms with E-state index in [9.17, 15) is 17.6 Å². The SMILES string of the molecule is CCc1c(S(=O)(=O)NC(C)CNC(=O)OC(C)(C)C)cn(C)c1F. The minimum atomic E-state index is -3.89. The Morgan fingerprint density at radius 1 is 1.42 bits per heavy atom. The molecule has 138 valence electrons. The van der Waals surface area contributed by atoms with Gasteiger partial charge < -0.3 is 14.6 Å². The van der Waals surface area contributed by atoms with Crippen LogP contribution in [0.2, 0.25) is 0 Å². The summed E-state index contributed by atoms with van der Waals surface area (Å²) in [7, 11) is -2.44. The fourth-order valence-electron chi connectivity index (χ4n) is 2.10. The van der Waals surface area contributed by atoms with Crippen molar-refractivity contribution in [3.8, 4) is 0 Å². The van der Waals surface area contributed by atoms with Crippen molar-refractivity contribution >= 4 is 16.1 Å². The minimum Gasteiger partial charge on any atom is -0.444 e. The lowest BCUT2D eigenvalue weighted by Crippen LogP contribution is -2.43. The van der Waals surface area contributed by atoms with Crippen LogP contribution in [0.15, 0.2) is 11.1 Å². The fourth-order valence-corrected chi connectivity index (χ4v) is 3.69. The number of carbonyl (C=O) groups excluding carboxylic acids is 1. The van der Waals surface area contributed by atoms with Gasteiger partial charge in [-0.25, -0.2) is 17.9 Å². The van der Waals surface area contributed by atoms with Crippen LogP contribution in [0.4, 0.5) is 9.18 Å². The molecule has 1 aromatic rings. The predicted molar refractivity (Wildman–Crippen MR) is 88.8 cm³/mol. The summed E-state index contributed by atoms with van der Waals surface area (Å²) in [6, 6.07) is -0.588. The molecular weight excluding hydrogens is 337 g/mol. The molecule has 1 unspecified atom stereocenters. The van der Waals surface area contributed by atoms with Gasteiger partial charge >= 0.3 is 6.09 Å². The summed E-state index contributed by atoms with van der Waals surface area (Å²) in [6.45, 7) is 8.52. The number of nitrogens with zero attached hydrogens (tertiary/aromatic N) is 1. The lowest BCUT2D eigenvalue weighted by Gasteiger charge is -2.21. The van der Waals surface area contributed by atoms with Gasteiger partial charge in [0.15, 0.2) is 5.95 Å². The van der Waals surface area contributed by atoms with Gasteiger partial charge in [-0.05, 0) is 34.1 Å². The second-order valence-corrected chi connectivity index (χ2v) is 8.31. The molecule has 0 saturated heterocycles. The van der Waals surface area contributed by atoms with E-state index >= 15 is 0 Å². The monoisotopic (exact) mass is 363 g/mol. The first-order valence-electron chi connectivity index (χ1n) is 7.70. The molecule has 1 amide bonds. The number of hydrogen-bond donors (Lipinski definition) is 2. The van der Waals surface area contributed by atoms with Crippen molar-refractivity contribution in [3.05, 3.63) is 17.7 Å². The lowest BCUT2D eigenvalue weighted by atomic mass is 10.2. The summed E-state index contributed by atoms with van der Waals surface area (Å²) in [5, 5.41) is 2.49. The van der Waals surface area contributed by atoms with Crippen molar-refractivity contribution in [1.29, 1.82) is 0 Å². The topological polar surface area (TPSA) is 89.4 Å². The van der Waals surface area contributed by atoms with Crippen LogP contribution < -0.4 is 10.0 Å². The summed E-state index contributed by atoms with van der Waals surface area (Å²) in [6.07, 6.45) is 0.867. The average Bonchev–Trinajstić information content (AvgIpc) is 2.70. The van der Waals surface area contributed by atoms with Crippen molar-refractivity contribution in [2.75, 3.05) is 6.54 Å². The number of alkyl carbamates (subject to hydrolysis) is 1. The maximum absolute atomic E-state index is 13.9. The highest BCUT2D eigenvalue weighted by Crippen LogP contribution is 2.21. The first-order valence-corrected chi connectivity index (χ1v) is 9.18. The smallest absolute Gasteiger partial charge is 0.407 e. The number of amides is 1. The molecular formula is C15H26FN3O4S. The van der Waals surface area contributed by atoms with E-state index in [0.717, 1.165) is 4.57 Å². The highest BCUT2D eigenvalue weighted by atomic mass is 32.2. The fraction of sp³-hybridized carbons (Fsp3) is 0.667. The van der Waals surface area contributed by atoms with Gasteiger partial charge in [0, 0.05) is 31.4 Å². The number of aromatic nitrogens is 1. The molecule has 2 N–H and O–H groups in total. The number of aryl methyl sites for hydroxylation is 1. The van der Waals surface area contributed by atoms with E-state index in [1.807, 2.05) is 0 Å². The molecule has 24 heavy (non-hydrogen) atoms. The number of halogens is 1. The number of rotatable bonds is 6. The second-order valence-electron chi connectivity index (χ2n) is 6.63. The molecule has 0 aliphatic heterocycles. The van der Waals surface area contributed by atoms with E-state index < -0.39 is 33.7 Å². The Labute approximate surface area is 142 Å². The van der Waals surface area contributed by atoms with Crippen molar-refractivity contribution in [2.45, 2.75) is 57.6 Å². The molecule has 0 saturated carbocycles. The van der Waals surface area contributed by atoms with Gasteiger partial charge in [0.05, 0.1) is 0 Å². The van der Waals surface area contributed by atoms with E-state index in [-0.39, 0.29) is 23.4 Å². The first-order chi connectivity index (χ1) is 10.9. The molecule has 1 rings (SSSR count). The third kappa shape index (κ3) is 5.48. The number of nitrogens with one attached hydrogen (secondary N) is 2. The maximum atomic E-state index is 13.9. The van der Waals surface area contributed by atoms with Crippen LogP contribution in [0.1, 0.15) is 40.2 Å². The Bertz CT molecular complexity index is 692. The largest absolute Gasteiger partial charge is 0.444 e. The van der Waals surface area contributed by atoms with Crippen LogP contribution >= 0.6 is 0 Å². The van der Waals surface area contributed by atoms with E-state index in [1.54, 1.807) is 34.6 Å². The first kappa shape index (κ1) is 20.4. The Kier molecular flexibility index (Phi) is 6.40. The van der Waals surface area contributed by atoms with Crippen LogP contribution in [-0.2, 0) is 28.2 Å². The zero-order valence-corrected chi connectivity index (χ0v) is 15.8. The highest BCUT2D eigenvalue weighted by molar-refractivity contribution is 7.89. The quantitative estimate of drug-likeness (QED) is 0.808. The van der Waals surface area contributed by atoms with Gasteiger partial charge in [-0.2, -0.15) is 4.39 Å². The van der Waals surface area contributed by atoms with Gasteiger partial charge in [-0.1, -0.05) is 6.92 Å². The summed E-state index contributed by atoms with van der Waals surface area (Å²) < 4.78 is 47.4. The molecule has 0 aromatic carbocycles.